The van der Waals surface area contributed by atoms with Crippen LogP contribution in [0.4, 0.5) is 29.5 Å². The van der Waals surface area contributed by atoms with Crippen LogP contribution in [-0.4, -0.2) is 57.0 Å². The number of hydrogen-bond acceptors (Lipinski definition) is 7. The molecule has 2 amide bonds. The van der Waals surface area contributed by atoms with Gasteiger partial charge in [0.05, 0.1) is 42.8 Å². The molecule has 0 saturated carbocycles. The molecule has 2 aromatic rings. The van der Waals surface area contributed by atoms with Gasteiger partial charge in [0.15, 0.2) is 0 Å². The van der Waals surface area contributed by atoms with Gasteiger partial charge in [0.2, 0.25) is 0 Å². The molecular formula is C20H21F3N6O5. The third-order valence-electron chi connectivity index (χ3n) is 5.70. The Hall–Kier alpha value is -3.68. The molecule has 1 saturated heterocycles. The van der Waals surface area contributed by atoms with E-state index in [0.29, 0.717) is 43.6 Å². The second-order valence-corrected chi connectivity index (χ2v) is 8.02. The summed E-state index contributed by atoms with van der Waals surface area (Å²) in [5, 5.41) is 14.0. The van der Waals surface area contributed by atoms with E-state index >= 15 is 0 Å². The minimum absolute atomic E-state index is 0.00315. The number of carbonyl (C=O) groups is 1. The minimum Gasteiger partial charge on any atom is -0.378 e. The Balaban J connectivity index is 1.60. The van der Waals surface area contributed by atoms with Gasteiger partial charge in [0, 0.05) is 36.5 Å². The zero-order chi connectivity index (χ0) is 24.6. The normalized spacial score (nSPS) is 16.8. The average molecular weight is 482 g/mol. The predicted octanol–water partition coefficient (Wildman–Crippen LogP) is 2.64. The number of benzene rings is 1. The number of urea groups is 1. The molecule has 2 aliphatic heterocycles. The fraction of sp³-hybridized carbons (Fsp3) is 0.450. The van der Waals surface area contributed by atoms with Crippen molar-refractivity contribution < 1.29 is 27.6 Å². The van der Waals surface area contributed by atoms with Gasteiger partial charge in [-0.05, 0) is 18.6 Å². The number of aromatic nitrogens is 2. The van der Waals surface area contributed by atoms with Crippen LogP contribution < -0.4 is 11.0 Å². The maximum atomic E-state index is 13.3. The number of fused-ring (bicyclic) bond motifs is 1. The number of aromatic amines is 1. The Morgan fingerprint density at radius 2 is 1.94 bits per heavy atom. The SMILES string of the molecule is C[C@@H](Nc1nc(=O)[nH]c2c1CN(C(=O)N1CCOCC1)C2)c1cc([N+](=O)[O-])cc(C(F)(F)F)c1. The van der Waals surface area contributed by atoms with Crippen LogP contribution in [0.15, 0.2) is 23.0 Å². The quantitative estimate of drug-likeness (QED) is 0.506. The lowest BCUT2D eigenvalue weighted by molar-refractivity contribution is -0.385. The van der Waals surface area contributed by atoms with Gasteiger partial charge in [0.1, 0.15) is 5.82 Å². The van der Waals surface area contributed by atoms with E-state index < -0.39 is 34.1 Å². The number of halogens is 3. The number of nitro benzene ring substituents is 1. The zero-order valence-corrected chi connectivity index (χ0v) is 18.0. The van der Waals surface area contributed by atoms with Gasteiger partial charge in [-0.1, -0.05) is 0 Å². The van der Waals surface area contributed by atoms with Gasteiger partial charge in [-0.3, -0.25) is 10.1 Å². The number of non-ortho nitro benzene ring substituents is 1. The highest BCUT2D eigenvalue weighted by Crippen LogP contribution is 2.35. The van der Waals surface area contributed by atoms with Gasteiger partial charge in [0.25, 0.3) is 5.69 Å². The number of carbonyl (C=O) groups excluding carboxylic acids is 1. The van der Waals surface area contributed by atoms with Crippen LogP contribution in [0.2, 0.25) is 0 Å². The van der Waals surface area contributed by atoms with Gasteiger partial charge >= 0.3 is 17.9 Å². The third-order valence-corrected chi connectivity index (χ3v) is 5.70. The number of nitrogens with zero attached hydrogens (tertiary/aromatic N) is 4. The Kier molecular flexibility index (Phi) is 6.17. The lowest BCUT2D eigenvalue weighted by Gasteiger charge is -2.30. The van der Waals surface area contributed by atoms with Crippen LogP contribution in [0.1, 0.15) is 35.3 Å². The first-order chi connectivity index (χ1) is 16.0. The summed E-state index contributed by atoms with van der Waals surface area (Å²) in [5.74, 6) is 0.101. The van der Waals surface area contributed by atoms with E-state index in [0.717, 1.165) is 12.1 Å². The van der Waals surface area contributed by atoms with Crippen LogP contribution in [-0.2, 0) is 24.0 Å². The number of H-pyrrole nitrogens is 1. The van der Waals surface area contributed by atoms with E-state index in [-0.39, 0.29) is 30.5 Å². The van der Waals surface area contributed by atoms with E-state index in [1.807, 2.05) is 0 Å². The van der Waals surface area contributed by atoms with E-state index in [4.69, 9.17) is 4.74 Å². The number of alkyl halides is 3. The molecule has 34 heavy (non-hydrogen) atoms. The second kappa shape index (κ2) is 8.93. The lowest BCUT2D eigenvalue weighted by atomic mass is 10.0. The highest BCUT2D eigenvalue weighted by molar-refractivity contribution is 5.76. The molecule has 1 atom stereocenters. The van der Waals surface area contributed by atoms with Crippen molar-refractivity contribution in [1.82, 2.24) is 19.8 Å². The van der Waals surface area contributed by atoms with Crippen LogP contribution in [0.5, 0.6) is 0 Å². The Morgan fingerprint density at radius 1 is 1.24 bits per heavy atom. The molecule has 2 aliphatic rings. The van der Waals surface area contributed by atoms with Gasteiger partial charge in [-0.25, -0.2) is 9.59 Å². The molecule has 3 heterocycles. The zero-order valence-electron chi connectivity index (χ0n) is 18.0. The van der Waals surface area contributed by atoms with E-state index in [2.05, 4.69) is 15.3 Å². The van der Waals surface area contributed by atoms with Crippen LogP contribution in [0, 0.1) is 10.1 Å². The molecule has 1 aromatic heterocycles. The van der Waals surface area contributed by atoms with Crippen molar-refractivity contribution >= 4 is 17.5 Å². The van der Waals surface area contributed by atoms with Crippen molar-refractivity contribution in [3.8, 4) is 0 Å². The summed E-state index contributed by atoms with van der Waals surface area (Å²) in [6.45, 7) is 3.51. The first kappa shape index (κ1) is 23.5. The van der Waals surface area contributed by atoms with Crippen molar-refractivity contribution in [2.75, 3.05) is 31.6 Å². The summed E-state index contributed by atoms with van der Waals surface area (Å²) in [7, 11) is 0. The molecule has 2 N–H and O–H groups in total. The largest absolute Gasteiger partial charge is 0.416 e. The van der Waals surface area contributed by atoms with Crippen molar-refractivity contribution in [3.05, 3.63) is 61.2 Å². The van der Waals surface area contributed by atoms with E-state index in [9.17, 15) is 32.9 Å². The van der Waals surface area contributed by atoms with Crippen LogP contribution in [0.3, 0.4) is 0 Å². The monoisotopic (exact) mass is 482 g/mol. The van der Waals surface area contributed by atoms with Gasteiger partial charge in [-0.15, -0.1) is 0 Å². The molecule has 14 heteroatoms. The Labute approximate surface area is 190 Å². The van der Waals surface area contributed by atoms with Gasteiger partial charge < -0.3 is 24.8 Å². The van der Waals surface area contributed by atoms with Crippen LogP contribution >= 0.6 is 0 Å². The number of morpholine rings is 1. The first-order valence-corrected chi connectivity index (χ1v) is 10.4. The Morgan fingerprint density at radius 3 is 2.59 bits per heavy atom. The average Bonchev–Trinajstić information content (AvgIpc) is 3.22. The maximum Gasteiger partial charge on any atom is 0.416 e. The summed E-state index contributed by atoms with van der Waals surface area (Å²) in [5.41, 5.74) is -1.57. The second-order valence-electron chi connectivity index (χ2n) is 8.02. The molecule has 0 radical (unpaired) electrons. The predicted molar refractivity (Wildman–Crippen MR) is 112 cm³/mol. The molecule has 0 spiro atoms. The summed E-state index contributed by atoms with van der Waals surface area (Å²) < 4.78 is 45.0. The molecule has 1 fully saturated rings. The highest BCUT2D eigenvalue weighted by atomic mass is 19.4. The topological polar surface area (TPSA) is 134 Å². The minimum atomic E-state index is -4.77. The fourth-order valence-electron chi connectivity index (χ4n) is 3.94. The highest BCUT2D eigenvalue weighted by Gasteiger charge is 2.34. The van der Waals surface area contributed by atoms with Gasteiger partial charge in [-0.2, -0.15) is 18.2 Å². The molecule has 4 rings (SSSR count). The lowest BCUT2D eigenvalue weighted by Crippen LogP contribution is -2.46. The molecular weight excluding hydrogens is 461 g/mol. The maximum absolute atomic E-state index is 13.3. The summed E-state index contributed by atoms with van der Waals surface area (Å²) in [6.07, 6.45) is -4.77. The summed E-state index contributed by atoms with van der Waals surface area (Å²) >= 11 is 0. The molecule has 0 bridgehead atoms. The number of ether oxygens (including phenoxy) is 1. The van der Waals surface area contributed by atoms with Crippen LogP contribution in [0.25, 0.3) is 0 Å². The number of hydrogen-bond donors (Lipinski definition) is 2. The van der Waals surface area contributed by atoms with E-state index in [1.54, 1.807) is 4.90 Å². The van der Waals surface area contributed by atoms with Crippen molar-refractivity contribution in [3.63, 3.8) is 0 Å². The smallest absolute Gasteiger partial charge is 0.378 e. The van der Waals surface area contributed by atoms with Crippen molar-refractivity contribution in [2.24, 2.45) is 0 Å². The molecule has 1 aromatic carbocycles. The summed E-state index contributed by atoms with van der Waals surface area (Å²) in [6, 6.07) is 1.23. The standard InChI is InChI=1S/C20H21F3N6O5/c1-11(12-6-13(20(21,22)23)8-14(7-12)29(32)33)24-17-15-9-28(10-16(15)25-18(30)26-17)19(31)27-2-4-34-5-3-27/h6-8,11H,2-5,9-10H2,1H3,(H2,24,25,26,30)/t11-/m1/s1. The number of amides is 2. The molecule has 11 nitrogen and oxygen atoms in total. The van der Waals surface area contributed by atoms with Crippen molar-refractivity contribution in [1.29, 1.82) is 0 Å². The third kappa shape index (κ3) is 4.81. The molecule has 0 unspecified atom stereocenters. The number of nitro groups is 1. The summed E-state index contributed by atoms with van der Waals surface area (Å²) in [4.78, 5) is 44.8. The number of anilines is 1. The fourth-order valence-corrected chi connectivity index (χ4v) is 3.94. The molecule has 0 aliphatic carbocycles. The number of nitrogens with one attached hydrogen (secondary N) is 2. The Bertz CT molecular complexity index is 1180. The number of rotatable bonds is 4. The van der Waals surface area contributed by atoms with E-state index in [1.165, 1.54) is 11.8 Å². The molecule has 182 valence electrons. The van der Waals surface area contributed by atoms with Crippen molar-refractivity contribution in [2.45, 2.75) is 32.2 Å². The first-order valence-electron chi connectivity index (χ1n) is 10.4.